The number of halogens is 2. The number of carboxylic acid groups (broad SMARTS) is 1. The summed E-state index contributed by atoms with van der Waals surface area (Å²) in [6.07, 6.45) is 0. The van der Waals surface area contributed by atoms with Gasteiger partial charge in [0.25, 0.3) is 0 Å². The molecule has 1 N–H and O–H groups in total. The average Bonchev–Trinajstić information content (AvgIpc) is 2.92. The van der Waals surface area contributed by atoms with Gasteiger partial charge in [-0.05, 0) is 23.6 Å². The predicted molar refractivity (Wildman–Crippen MR) is 77.0 cm³/mol. The molecule has 2 heterocycles. The topological polar surface area (TPSA) is 50.2 Å². The first-order valence-corrected chi connectivity index (χ1v) is 6.89. The summed E-state index contributed by atoms with van der Waals surface area (Å²) in [5.74, 6) is -1.72. The minimum absolute atomic E-state index is 0.0558. The molecule has 0 aliphatic rings. The highest BCUT2D eigenvalue weighted by Gasteiger charge is 2.15. The van der Waals surface area contributed by atoms with Crippen LogP contribution in [0.25, 0.3) is 21.5 Å². The van der Waals surface area contributed by atoms with Crippen LogP contribution in [0, 0.1) is 5.82 Å². The van der Waals surface area contributed by atoms with Gasteiger partial charge in [-0.25, -0.2) is 14.2 Å². The van der Waals surface area contributed by atoms with E-state index in [2.05, 4.69) is 4.98 Å². The summed E-state index contributed by atoms with van der Waals surface area (Å²) in [5.41, 5.74) is 0.835. The van der Waals surface area contributed by atoms with Gasteiger partial charge in [-0.1, -0.05) is 17.7 Å². The van der Waals surface area contributed by atoms with Crippen LogP contribution in [0.4, 0.5) is 4.39 Å². The number of rotatable bonds is 2. The third-order valence-corrected chi connectivity index (χ3v) is 4.04. The summed E-state index contributed by atoms with van der Waals surface area (Å²) in [4.78, 5) is 16.5. The van der Waals surface area contributed by atoms with Crippen LogP contribution >= 0.6 is 22.9 Å². The Morgan fingerprint density at radius 1 is 1.35 bits per heavy atom. The van der Waals surface area contributed by atoms with Crippen molar-refractivity contribution in [3.05, 3.63) is 52.1 Å². The summed E-state index contributed by atoms with van der Waals surface area (Å²) in [5, 5.41) is 11.4. The van der Waals surface area contributed by atoms with Gasteiger partial charge in [0.05, 0.1) is 26.7 Å². The Labute approximate surface area is 122 Å². The smallest absolute Gasteiger partial charge is 0.336 e. The van der Waals surface area contributed by atoms with Crippen LogP contribution in [0.15, 0.2) is 35.7 Å². The SMILES string of the molecule is O=C(O)c1cc(-c2cccs2)nc2cc(F)c(Cl)cc12. The summed E-state index contributed by atoms with van der Waals surface area (Å²) in [7, 11) is 0. The van der Waals surface area contributed by atoms with Crippen LogP contribution in [0.5, 0.6) is 0 Å². The van der Waals surface area contributed by atoms with Crippen molar-refractivity contribution < 1.29 is 14.3 Å². The third kappa shape index (κ3) is 2.15. The van der Waals surface area contributed by atoms with E-state index in [-0.39, 0.29) is 16.1 Å². The first-order valence-electron chi connectivity index (χ1n) is 5.63. The van der Waals surface area contributed by atoms with Crippen molar-refractivity contribution in [1.82, 2.24) is 4.98 Å². The summed E-state index contributed by atoms with van der Waals surface area (Å²) < 4.78 is 13.5. The van der Waals surface area contributed by atoms with E-state index in [1.54, 1.807) is 0 Å². The normalized spacial score (nSPS) is 10.9. The quantitative estimate of drug-likeness (QED) is 0.760. The van der Waals surface area contributed by atoms with Crippen LogP contribution in [0.3, 0.4) is 0 Å². The highest BCUT2D eigenvalue weighted by molar-refractivity contribution is 7.13. The van der Waals surface area contributed by atoms with E-state index in [0.29, 0.717) is 11.1 Å². The Hall–Kier alpha value is -1.98. The Morgan fingerprint density at radius 2 is 2.15 bits per heavy atom. The zero-order chi connectivity index (χ0) is 14.3. The molecule has 20 heavy (non-hydrogen) atoms. The van der Waals surface area contributed by atoms with Crippen LogP contribution < -0.4 is 0 Å². The molecule has 0 amide bonds. The van der Waals surface area contributed by atoms with Crippen LogP contribution in [-0.2, 0) is 0 Å². The zero-order valence-electron chi connectivity index (χ0n) is 9.93. The first-order chi connectivity index (χ1) is 9.56. The lowest BCUT2D eigenvalue weighted by molar-refractivity contribution is 0.0699. The van der Waals surface area contributed by atoms with E-state index in [1.165, 1.54) is 23.5 Å². The number of thiophene rings is 1. The Kier molecular flexibility index (Phi) is 3.16. The fourth-order valence-corrected chi connectivity index (χ4v) is 2.80. The molecule has 0 unspecified atom stereocenters. The molecular weight excluding hydrogens is 301 g/mol. The molecule has 3 nitrogen and oxygen atoms in total. The number of carbonyl (C=O) groups is 1. The largest absolute Gasteiger partial charge is 0.478 e. The molecule has 3 rings (SSSR count). The molecule has 1 aromatic carbocycles. The van der Waals surface area contributed by atoms with E-state index in [0.717, 1.165) is 10.9 Å². The lowest BCUT2D eigenvalue weighted by Gasteiger charge is -2.06. The Bertz CT molecular complexity index is 818. The number of pyridine rings is 1. The average molecular weight is 308 g/mol. The van der Waals surface area contributed by atoms with E-state index >= 15 is 0 Å². The molecule has 0 radical (unpaired) electrons. The molecule has 0 aliphatic carbocycles. The molecule has 0 aliphatic heterocycles. The van der Waals surface area contributed by atoms with Gasteiger partial charge < -0.3 is 5.11 Å². The number of fused-ring (bicyclic) bond motifs is 1. The molecule has 0 spiro atoms. The van der Waals surface area contributed by atoms with Crippen molar-refractivity contribution >= 4 is 39.8 Å². The van der Waals surface area contributed by atoms with Crippen LogP contribution in [0.1, 0.15) is 10.4 Å². The van der Waals surface area contributed by atoms with Crippen molar-refractivity contribution in [3.63, 3.8) is 0 Å². The second kappa shape index (κ2) is 4.85. The molecule has 0 bridgehead atoms. The van der Waals surface area contributed by atoms with E-state index in [1.807, 2.05) is 17.5 Å². The maximum absolute atomic E-state index is 13.5. The molecule has 0 atom stereocenters. The van der Waals surface area contributed by atoms with Gasteiger partial charge in [-0.2, -0.15) is 0 Å². The fourth-order valence-electron chi connectivity index (χ4n) is 1.95. The number of benzene rings is 1. The van der Waals surface area contributed by atoms with Crippen LogP contribution in [-0.4, -0.2) is 16.1 Å². The summed E-state index contributed by atoms with van der Waals surface area (Å²) in [6.45, 7) is 0. The van der Waals surface area contributed by atoms with Crippen molar-refractivity contribution in [3.8, 4) is 10.6 Å². The highest BCUT2D eigenvalue weighted by atomic mass is 35.5. The monoisotopic (exact) mass is 307 g/mol. The lowest BCUT2D eigenvalue weighted by atomic mass is 10.1. The minimum atomic E-state index is -1.10. The second-order valence-electron chi connectivity index (χ2n) is 4.12. The maximum atomic E-state index is 13.5. The summed E-state index contributed by atoms with van der Waals surface area (Å²) >= 11 is 7.15. The van der Waals surface area contributed by atoms with Crippen LogP contribution in [0.2, 0.25) is 5.02 Å². The first kappa shape index (κ1) is 13.0. The predicted octanol–water partition coefficient (Wildman–Crippen LogP) is 4.45. The third-order valence-electron chi connectivity index (χ3n) is 2.85. The van der Waals surface area contributed by atoms with Crippen molar-refractivity contribution in [1.29, 1.82) is 0 Å². The van der Waals surface area contributed by atoms with Crippen molar-refractivity contribution in [2.24, 2.45) is 0 Å². The van der Waals surface area contributed by atoms with E-state index in [9.17, 15) is 14.3 Å². The summed E-state index contributed by atoms with van der Waals surface area (Å²) in [6, 6.07) is 7.60. The van der Waals surface area contributed by atoms with Gasteiger partial charge in [0, 0.05) is 11.5 Å². The van der Waals surface area contributed by atoms with Gasteiger partial charge in [-0.3, -0.25) is 0 Å². The zero-order valence-corrected chi connectivity index (χ0v) is 11.5. The van der Waals surface area contributed by atoms with E-state index in [4.69, 9.17) is 11.6 Å². The number of aromatic carboxylic acids is 1. The number of hydrogen-bond donors (Lipinski definition) is 1. The van der Waals surface area contributed by atoms with Gasteiger partial charge in [0.1, 0.15) is 5.82 Å². The molecule has 0 saturated heterocycles. The minimum Gasteiger partial charge on any atom is -0.478 e. The molecule has 3 aromatic rings. The standard InChI is InChI=1S/C14H7ClFNO2S/c15-9-4-7-8(14(18)19)5-12(13-2-1-3-20-13)17-11(7)6-10(9)16/h1-6H,(H,18,19). The molecule has 0 fully saturated rings. The van der Waals surface area contributed by atoms with Crippen molar-refractivity contribution in [2.45, 2.75) is 0 Å². The molecular formula is C14H7ClFNO2S. The van der Waals surface area contributed by atoms with E-state index < -0.39 is 11.8 Å². The maximum Gasteiger partial charge on any atom is 0.336 e. The van der Waals surface area contributed by atoms with Gasteiger partial charge in [0.2, 0.25) is 0 Å². The molecule has 0 saturated carbocycles. The van der Waals surface area contributed by atoms with Gasteiger partial charge >= 0.3 is 5.97 Å². The second-order valence-corrected chi connectivity index (χ2v) is 5.48. The molecule has 2 aromatic heterocycles. The Morgan fingerprint density at radius 3 is 2.80 bits per heavy atom. The Balaban J connectivity index is 2.36. The lowest BCUT2D eigenvalue weighted by Crippen LogP contribution is -2.00. The number of nitrogens with zero attached hydrogens (tertiary/aromatic N) is 1. The number of hydrogen-bond acceptors (Lipinski definition) is 3. The van der Waals surface area contributed by atoms with Crippen molar-refractivity contribution in [2.75, 3.05) is 0 Å². The van der Waals surface area contributed by atoms with Gasteiger partial charge in [-0.15, -0.1) is 11.3 Å². The fraction of sp³-hybridized carbons (Fsp3) is 0. The molecule has 6 heteroatoms. The number of aromatic nitrogens is 1. The van der Waals surface area contributed by atoms with Gasteiger partial charge in [0.15, 0.2) is 0 Å². The molecule has 100 valence electrons. The number of carboxylic acids is 1. The highest BCUT2D eigenvalue weighted by Crippen LogP contribution is 2.30.